The standard InChI is InChI=1S/C19H24N6O2S3/c1-7-12-11(3)28-8-13(12)16-22-23-19(25(16)6)29-9-14(26)21-18-20-10(2)15(30-18)17(27)24(4)5/h8H,7,9H2,1-6H3,(H,20,21,26). The number of thiophene rings is 1. The van der Waals surface area contributed by atoms with Crippen LogP contribution in [0.5, 0.6) is 0 Å². The number of nitrogens with zero attached hydrogens (tertiary/aromatic N) is 5. The molecule has 0 radical (unpaired) electrons. The third kappa shape index (κ3) is 4.57. The molecular weight excluding hydrogens is 440 g/mol. The molecule has 0 aliphatic heterocycles. The molecule has 30 heavy (non-hydrogen) atoms. The summed E-state index contributed by atoms with van der Waals surface area (Å²) in [4.78, 5) is 32.1. The minimum atomic E-state index is -0.206. The maximum atomic E-state index is 12.4. The Labute approximate surface area is 187 Å². The number of thioether (sulfide) groups is 1. The van der Waals surface area contributed by atoms with E-state index in [-0.39, 0.29) is 17.6 Å². The first-order valence-corrected chi connectivity index (χ1v) is 12.0. The first-order valence-electron chi connectivity index (χ1n) is 9.31. The summed E-state index contributed by atoms with van der Waals surface area (Å²) in [5, 5.41) is 14.6. The second-order valence-electron chi connectivity index (χ2n) is 6.87. The molecule has 0 aliphatic rings. The summed E-state index contributed by atoms with van der Waals surface area (Å²) in [6.45, 7) is 6.00. The summed E-state index contributed by atoms with van der Waals surface area (Å²) in [5.74, 6) is 0.649. The highest BCUT2D eigenvalue weighted by atomic mass is 32.2. The SMILES string of the molecule is CCc1c(-c2nnc(SCC(=O)Nc3nc(C)c(C(=O)N(C)C)s3)n2C)csc1C. The van der Waals surface area contributed by atoms with Crippen molar-refractivity contribution in [3.05, 3.63) is 26.4 Å². The number of aromatic nitrogens is 4. The van der Waals surface area contributed by atoms with Crippen LogP contribution in [0, 0.1) is 13.8 Å². The molecule has 0 saturated heterocycles. The van der Waals surface area contributed by atoms with Gasteiger partial charge in [0.2, 0.25) is 5.91 Å². The first-order chi connectivity index (χ1) is 14.2. The molecule has 0 aromatic carbocycles. The maximum absolute atomic E-state index is 12.4. The Hall–Kier alpha value is -2.24. The highest BCUT2D eigenvalue weighted by Crippen LogP contribution is 2.32. The van der Waals surface area contributed by atoms with Crippen molar-refractivity contribution in [2.24, 2.45) is 7.05 Å². The predicted octanol–water partition coefficient (Wildman–Crippen LogP) is 3.61. The van der Waals surface area contributed by atoms with Crippen LogP contribution < -0.4 is 5.32 Å². The van der Waals surface area contributed by atoms with Gasteiger partial charge in [-0.05, 0) is 25.8 Å². The average Bonchev–Trinajstić information content (AvgIpc) is 3.36. The summed E-state index contributed by atoms with van der Waals surface area (Å²) in [6, 6.07) is 0. The van der Waals surface area contributed by atoms with Crippen LogP contribution in [0.1, 0.15) is 32.7 Å². The highest BCUT2D eigenvalue weighted by molar-refractivity contribution is 7.99. The van der Waals surface area contributed by atoms with E-state index in [2.05, 4.69) is 39.7 Å². The largest absolute Gasteiger partial charge is 0.344 e. The number of nitrogens with one attached hydrogen (secondary N) is 1. The molecule has 11 heteroatoms. The van der Waals surface area contributed by atoms with Crippen molar-refractivity contribution in [3.8, 4) is 11.4 Å². The lowest BCUT2D eigenvalue weighted by Crippen LogP contribution is -2.21. The van der Waals surface area contributed by atoms with Gasteiger partial charge < -0.3 is 14.8 Å². The number of amides is 2. The van der Waals surface area contributed by atoms with Crippen LogP contribution in [-0.2, 0) is 18.3 Å². The molecule has 0 atom stereocenters. The summed E-state index contributed by atoms with van der Waals surface area (Å²) in [6.07, 6.45) is 0.938. The fraction of sp³-hybridized carbons (Fsp3) is 0.421. The molecule has 8 nitrogen and oxygen atoms in total. The third-order valence-corrected chi connectivity index (χ3v) is 7.54. The van der Waals surface area contributed by atoms with Gasteiger partial charge in [-0.25, -0.2) is 4.98 Å². The minimum Gasteiger partial charge on any atom is -0.344 e. The number of carbonyl (C=O) groups excluding carboxylic acids is 2. The maximum Gasteiger partial charge on any atom is 0.265 e. The lowest BCUT2D eigenvalue weighted by molar-refractivity contribution is -0.113. The molecule has 160 valence electrons. The molecule has 3 heterocycles. The smallest absolute Gasteiger partial charge is 0.265 e. The Balaban J connectivity index is 1.65. The molecule has 1 N–H and O–H groups in total. The van der Waals surface area contributed by atoms with E-state index in [4.69, 9.17) is 0 Å². The molecule has 3 aromatic heterocycles. The number of aryl methyl sites for hydroxylation is 2. The second kappa shape index (κ2) is 9.27. The quantitative estimate of drug-likeness (QED) is 0.537. The number of carbonyl (C=O) groups is 2. The molecule has 0 saturated carbocycles. The number of hydrogen-bond acceptors (Lipinski definition) is 8. The normalized spacial score (nSPS) is 11.0. The lowest BCUT2D eigenvalue weighted by atomic mass is 10.1. The molecular formula is C19H24N6O2S3. The van der Waals surface area contributed by atoms with Crippen molar-refractivity contribution in [1.82, 2.24) is 24.6 Å². The van der Waals surface area contributed by atoms with Crippen LogP contribution in [0.2, 0.25) is 0 Å². The number of thiazole rings is 1. The number of rotatable bonds is 7. The van der Waals surface area contributed by atoms with E-state index >= 15 is 0 Å². The molecule has 3 aromatic rings. The van der Waals surface area contributed by atoms with Crippen LogP contribution in [0.3, 0.4) is 0 Å². The van der Waals surface area contributed by atoms with Gasteiger partial charge in [0, 0.05) is 37.0 Å². The van der Waals surface area contributed by atoms with Crippen LogP contribution in [0.4, 0.5) is 5.13 Å². The summed E-state index contributed by atoms with van der Waals surface area (Å²) in [5.41, 5.74) is 2.99. The number of hydrogen-bond donors (Lipinski definition) is 1. The van der Waals surface area contributed by atoms with E-state index in [9.17, 15) is 9.59 Å². The van der Waals surface area contributed by atoms with Gasteiger partial charge in [0.1, 0.15) is 4.88 Å². The topological polar surface area (TPSA) is 93.0 Å². The zero-order chi connectivity index (χ0) is 22.0. The Morgan fingerprint density at radius 1 is 1.27 bits per heavy atom. The van der Waals surface area contributed by atoms with Gasteiger partial charge in [0.15, 0.2) is 16.1 Å². The van der Waals surface area contributed by atoms with Crippen molar-refractivity contribution in [3.63, 3.8) is 0 Å². The van der Waals surface area contributed by atoms with Crippen LogP contribution in [-0.4, -0.2) is 56.3 Å². The van der Waals surface area contributed by atoms with Gasteiger partial charge in [0.05, 0.1) is 11.4 Å². The average molecular weight is 465 g/mol. The third-order valence-electron chi connectivity index (χ3n) is 4.51. The second-order valence-corrected chi connectivity index (χ2v) is 9.90. The fourth-order valence-electron chi connectivity index (χ4n) is 2.92. The summed E-state index contributed by atoms with van der Waals surface area (Å²) in [7, 11) is 5.28. The van der Waals surface area contributed by atoms with E-state index in [1.54, 1.807) is 32.4 Å². The monoisotopic (exact) mass is 464 g/mol. The van der Waals surface area contributed by atoms with Gasteiger partial charge in [0.25, 0.3) is 5.91 Å². The van der Waals surface area contributed by atoms with Crippen LogP contribution in [0.15, 0.2) is 10.5 Å². The molecule has 2 amide bonds. The van der Waals surface area contributed by atoms with Crippen molar-refractivity contribution >= 4 is 51.4 Å². The summed E-state index contributed by atoms with van der Waals surface area (Å²) < 4.78 is 1.92. The zero-order valence-corrected chi connectivity index (χ0v) is 20.2. The summed E-state index contributed by atoms with van der Waals surface area (Å²) >= 11 is 4.21. The molecule has 0 unspecified atom stereocenters. The van der Waals surface area contributed by atoms with E-state index in [0.29, 0.717) is 20.9 Å². The molecule has 0 aliphatic carbocycles. The Morgan fingerprint density at radius 2 is 2.00 bits per heavy atom. The Morgan fingerprint density at radius 3 is 2.67 bits per heavy atom. The minimum absolute atomic E-state index is 0.124. The van der Waals surface area contributed by atoms with Gasteiger partial charge in [-0.1, -0.05) is 30.0 Å². The lowest BCUT2D eigenvalue weighted by Gasteiger charge is -2.07. The van der Waals surface area contributed by atoms with E-state index in [0.717, 1.165) is 17.8 Å². The van der Waals surface area contributed by atoms with Crippen LogP contribution in [0.25, 0.3) is 11.4 Å². The van der Waals surface area contributed by atoms with Crippen molar-refractivity contribution in [2.45, 2.75) is 32.3 Å². The molecule has 3 rings (SSSR count). The van der Waals surface area contributed by atoms with Gasteiger partial charge in [-0.3, -0.25) is 9.59 Å². The van der Waals surface area contributed by atoms with Gasteiger partial charge >= 0.3 is 0 Å². The van der Waals surface area contributed by atoms with E-state index in [1.165, 1.54) is 38.4 Å². The number of anilines is 1. The van der Waals surface area contributed by atoms with E-state index in [1.807, 2.05) is 11.6 Å². The Bertz CT molecular complexity index is 1080. The van der Waals surface area contributed by atoms with Crippen molar-refractivity contribution < 1.29 is 9.59 Å². The van der Waals surface area contributed by atoms with E-state index < -0.39 is 0 Å². The zero-order valence-electron chi connectivity index (χ0n) is 17.8. The Kier molecular flexibility index (Phi) is 6.94. The molecule has 0 bridgehead atoms. The van der Waals surface area contributed by atoms with Crippen molar-refractivity contribution in [1.29, 1.82) is 0 Å². The van der Waals surface area contributed by atoms with Gasteiger partial charge in [-0.2, -0.15) is 0 Å². The molecule has 0 fully saturated rings. The highest BCUT2D eigenvalue weighted by Gasteiger charge is 2.20. The molecule has 0 spiro atoms. The van der Waals surface area contributed by atoms with Crippen molar-refractivity contribution in [2.75, 3.05) is 25.2 Å². The van der Waals surface area contributed by atoms with Gasteiger partial charge in [-0.15, -0.1) is 21.5 Å². The fourth-order valence-corrected chi connectivity index (χ4v) is 5.57. The first kappa shape index (κ1) is 22.4. The van der Waals surface area contributed by atoms with Crippen LogP contribution >= 0.6 is 34.4 Å². The predicted molar refractivity (Wildman–Crippen MR) is 123 cm³/mol.